The van der Waals surface area contributed by atoms with E-state index in [1.807, 2.05) is 0 Å². The Labute approximate surface area is 204 Å². The molecule has 0 saturated carbocycles. The van der Waals surface area contributed by atoms with Crippen LogP contribution in [0.25, 0.3) is 0 Å². The van der Waals surface area contributed by atoms with Crippen molar-refractivity contribution in [2.75, 3.05) is 57.9 Å². The first kappa shape index (κ1) is 25.2. The second-order valence-electron chi connectivity index (χ2n) is 9.01. The first-order valence-electron chi connectivity index (χ1n) is 12.2. The number of carbonyl (C=O) groups excluding carboxylic acids is 4. The van der Waals surface area contributed by atoms with Gasteiger partial charge in [0.25, 0.3) is 11.8 Å². The van der Waals surface area contributed by atoms with Crippen molar-refractivity contribution < 1.29 is 28.7 Å². The van der Waals surface area contributed by atoms with Crippen molar-refractivity contribution in [3.8, 4) is 0 Å². The molecule has 3 aliphatic rings. The number of anilines is 1. The number of carbonyl (C=O) groups is 4. The van der Waals surface area contributed by atoms with Gasteiger partial charge in [0, 0.05) is 31.2 Å². The topological polar surface area (TPSA) is 143 Å². The van der Waals surface area contributed by atoms with Gasteiger partial charge < -0.3 is 25.4 Å². The van der Waals surface area contributed by atoms with Gasteiger partial charge in [0.2, 0.25) is 11.8 Å². The third-order valence-electron chi connectivity index (χ3n) is 6.59. The Morgan fingerprint density at radius 1 is 0.971 bits per heavy atom. The molecule has 2 saturated heterocycles. The predicted molar refractivity (Wildman–Crippen MR) is 127 cm³/mol. The van der Waals surface area contributed by atoms with Crippen LogP contribution >= 0.6 is 0 Å². The molecule has 11 nitrogen and oxygen atoms in total. The standard InChI is InChI=1S/C24H33N5O6/c25-16-6-9-28(10-7-16)11-13-35-15-14-34-12-8-26-18-3-1-2-17-21(18)24(33)29(23(17)32)19-4-5-20(30)27-22(19)31/h1-3,16,19,26H,4-15,25H2,(H,27,30,31). The molecule has 11 heteroatoms. The summed E-state index contributed by atoms with van der Waals surface area (Å²) in [6.45, 7) is 5.40. The zero-order valence-corrected chi connectivity index (χ0v) is 19.8. The Hall–Kier alpha value is -2.86. The van der Waals surface area contributed by atoms with Crippen molar-refractivity contribution >= 4 is 29.3 Å². The molecule has 190 valence electrons. The fraction of sp³-hybridized carbons (Fsp3) is 0.583. The number of rotatable bonds is 11. The van der Waals surface area contributed by atoms with Crippen LogP contribution in [0.5, 0.6) is 0 Å². The lowest BCUT2D eigenvalue weighted by Gasteiger charge is -2.29. The van der Waals surface area contributed by atoms with E-state index in [2.05, 4.69) is 15.5 Å². The molecule has 0 aromatic heterocycles. The summed E-state index contributed by atoms with van der Waals surface area (Å²) in [6, 6.07) is 4.32. The number of benzene rings is 1. The lowest BCUT2D eigenvalue weighted by Crippen LogP contribution is -2.54. The van der Waals surface area contributed by atoms with Gasteiger partial charge in [-0.2, -0.15) is 0 Å². The van der Waals surface area contributed by atoms with E-state index in [0.717, 1.165) is 37.4 Å². The minimum atomic E-state index is -0.983. The first-order valence-corrected chi connectivity index (χ1v) is 12.2. The number of ether oxygens (including phenoxy) is 2. The molecule has 0 radical (unpaired) electrons. The summed E-state index contributed by atoms with van der Waals surface area (Å²) in [5.74, 6) is -2.08. The molecule has 4 N–H and O–H groups in total. The quantitative estimate of drug-likeness (QED) is 0.289. The molecule has 0 spiro atoms. The van der Waals surface area contributed by atoms with Gasteiger partial charge >= 0.3 is 0 Å². The number of imide groups is 2. The minimum absolute atomic E-state index is 0.0862. The summed E-state index contributed by atoms with van der Waals surface area (Å²) in [5, 5.41) is 5.35. The fourth-order valence-corrected chi connectivity index (χ4v) is 4.61. The molecule has 3 aliphatic heterocycles. The largest absolute Gasteiger partial charge is 0.382 e. The molecule has 2 fully saturated rings. The highest BCUT2D eigenvalue weighted by Gasteiger charge is 2.45. The van der Waals surface area contributed by atoms with E-state index in [-0.39, 0.29) is 24.0 Å². The first-order chi connectivity index (χ1) is 17.0. The Bertz CT molecular complexity index is 962. The lowest BCUT2D eigenvalue weighted by molar-refractivity contribution is -0.136. The van der Waals surface area contributed by atoms with Gasteiger partial charge in [0.05, 0.1) is 37.6 Å². The Kier molecular flexibility index (Phi) is 8.45. The zero-order chi connectivity index (χ0) is 24.8. The Morgan fingerprint density at radius 2 is 1.71 bits per heavy atom. The van der Waals surface area contributed by atoms with Crippen molar-refractivity contribution in [2.24, 2.45) is 5.73 Å². The van der Waals surface area contributed by atoms with Gasteiger partial charge in [-0.25, -0.2) is 0 Å². The van der Waals surface area contributed by atoms with Crippen molar-refractivity contribution in [2.45, 2.75) is 37.8 Å². The van der Waals surface area contributed by atoms with Gasteiger partial charge in [-0.1, -0.05) is 6.07 Å². The van der Waals surface area contributed by atoms with Gasteiger partial charge in [-0.3, -0.25) is 29.4 Å². The molecular weight excluding hydrogens is 454 g/mol. The van der Waals surface area contributed by atoms with Crippen LogP contribution in [0.2, 0.25) is 0 Å². The van der Waals surface area contributed by atoms with Crippen LogP contribution in [0.3, 0.4) is 0 Å². The lowest BCUT2D eigenvalue weighted by atomic mass is 10.0. The molecule has 1 aromatic rings. The monoisotopic (exact) mass is 487 g/mol. The van der Waals surface area contributed by atoms with Crippen LogP contribution < -0.4 is 16.4 Å². The summed E-state index contributed by atoms with van der Waals surface area (Å²) < 4.78 is 11.2. The Balaban J connectivity index is 1.18. The number of piperidine rings is 2. The van der Waals surface area contributed by atoms with E-state index < -0.39 is 29.7 Å². The summed E-state index contributed by atoms with van der Waals surface area (Å²) in [7, 11) is 0. The number of amides is 4. The highest BCUT2D eigenvalue weighted by atomic mass is 16.5. The van der Waals surface area contributed by atoms with E-state index in [0.29, 0.717) is 44.7 Å². The number of hydrogen-bond donors (Lipinski definition) is 3. The van der Waals surface area contributed by atoms with Crippen LogP contribution in [0.1, 0.15) is 46.4 Å². The third kappa shape index (κ3) is 6.04. The maximum atomic E-state index is 13.1. The second kappa shape index (κ2) is 11.7. The molecule has 3 heterocycles. The van der Waals surface area contributed by atoms with Gasteiger partial charge in [0.15, 0.2) is 0 Å². The number of nitrogens with one attached hydrogen (secondary N) is 2. The van der Waals surface area contributed by atoms with Crippen molar-refractivity contribution in [3.63, 3.8) is 0 Å². The van der Waals surface area contributed by atoms with Crippen LogP contribution in [0.4, 0.5) is 5.69 Å². The molecule has 1 aromatic carbocycles. The molecule has 35 heavy (non-hydrogen) atoms. The average molecular weight is 488 g/mol. The normalized spacial score (nSPS) is 21.4. The average Bonchev–Trinajstić information content (AvgIpc) is 3.10. The minimum Gasteiger partial charge on any atom is -0.382 e. The van der Waals surface area contributed by atoms with E-state index in [1.165, 1.54) is 0 Å². The van der Waals surface area contributed by atoms with E-state index in [4.69, 9.17) is 15.2 Å². The summed E-state index contributed by atoms with van der Waals surface area (Å²) >= 11 is 0. The van der Waals surface area contributed by atoms with E-state index in [9.17, 15) is 19.2 Å². The van der Waals surface area contributed by atoms with E-state index in [1.54, 1.807) is 18.2 Å². The van der Waals surface area contributed by atoms with Crippen LogP contribution in [-0.4, -0.2) is 98.1 Å². The molecular formula is C24H33N5O6. The number of nitrogens with two attached hydrogens (primary N) is 1. The molecule has 1 atom stereocenters. The number of nitrogens with zero attached hydrogens (tertiary/aromatic N) is 2. The number of hydrogen-bond acceptors (Lipinski definition) is 9. The molecule has 0 bridgehead atoms. The molecule has 4 rings (SSSR count). The van der Waals surface area contributed by atoms with Gasteiger partial charge in [0.1, 0.15) is 6.04 Å². The van der Waals surface area contributed by atoms with Crippen LogP contribution in [0.15, 0.2) is 18.2 Å². The zero-order valence-electron chi connectivity index (χ0n) is 19.8. The predicted octanol–water partition coefficient (Wildman–Crippen LogP) is -0.0440. The Morgan fingerprint density at radius 3 is 2.46 bits per heavy atom. The molecule has 1 unspecified atom stereocenters. The van der Waals surface area contributed by atoms with Gasteiger partial charge in [-0.15, -0.1) is 0 Å². The summed E-state index contributed by atoms with van der Waals surface area (Å²) in [5.41, 5.74) is 6.91. The maximum Gasteiger partial charge on any atom is 0.264 e. The van der Waals surface area contributed by atoms with Gasteiger partial charge in [-0.05, 0) is 44.5 Å². The van der Waals surface area contributed by atoms with Crippen molar-refractivity contribution in [1.82, 2.24) is 15.1 Å². The summed E-state index contributed by atoms with van der Waals surface area (Å²) in [6.07, 6.45) is 2.29. The van der Waals surface area contributed by atoms with Crippen LogP contribution in [-0.2, 0) is 19.1 Å². The SMILES string of the molecule is NC1CCN(CCOCCOCCNc2cccc3c2C(=O)N(C2CCC(=O)NC2=O)C3=O)CC1. The molecule has 0 aliphatic carbocycles. The second-order valence-corrected chi connectivity index (χ2v) is 9.01. The number of likely N-dealkylation sites (tertiary alicyclic amines) is 1. The number of fused-ring (bicyclic) bond motifs is 1. The third-order valence-corrected chi connectivity index (χ3v) is 6.59. The van der Waals surface area contributed by atoms with E-state index >= 15 is 0 Å². The van der Waals surface area contributed by atoms with Crippen LogP contribution in [0, 0.1) is 0 Å². The highest BCUT2D eigenvalue weighted by Crippen LogP contribution is 2.32. The maximum absolute atomic E-state index is 13.1. The fourth-order valence-electron chi connectivity index (χ4n) is 4.61. The molecule has 4 amide bonds. The smallest absolute Gasteiger partial charge is 0.264 e. The van der Waals surface area contributed by atoms with Crippen molar-refractivity contribution in [3.05, 3.63) is 29.3 Å². The summed E-state index contributed by atoms with van der Waals surface area (Å²) in [4.78, 5) is 52.9. The highest BCUT2D eigenvalue weighted by molar-refractivity contribution is 6.25. The van der Waals surface area contributed by atoms with Crippen molar-refractivity contribution in [1.29, 1.82) is 0 Å².